The summed E-state index contributed by atoms with van der Waals surface area (Å²) >= 11 is 1.51. The summed E-state index contributed by atoms with van der Waals surface area (Å²) in [6, 6.07) is 3.82. The number of nitrogens with zero attached hydrogens (tertiary/aromatic N) is 1. The van der Waals surface area contributed by atoms with Crippen LogP contribution in [-0.4, -0.2) is 48.8 Å². The molecule has 110 valence electrons. The Balaban J connectivity index is 1.56. The second-order valence-corrected chi connectivity index (χ2v) is 6.49. The van der Waals surface area contributed by atoms with Crippen LogP contribution in [0, 0.1) is 0 Å². The highest BCUT2D eigenvalue weighted by Crippen LogP contribution is 2.37. The number of thiophene rings is 1. The first-order valence-corrected chi connectivity index (χ1v) is 8.19. The molecule has 2 fully saturated rings. The molecular weight excluding hydrogens is 274 g/mol. The summed E-state index contributed by atoms with van der Waals surface area (Å²) in [5.41, 5.74) is -0.0495. The molecule has 2 aliphatic heterocycles. The highest BCUT2D eigenvalue weighted by Gasteiger charge is 2.43. The second kappa shape index (κ2) is 5.84. The molecule has 0 aliphatic carbocycles. The molecule has 5 heteroatoms. The quantitative estimate of drug-likeness (QED) is 0.860. The molecule has 1 aromatic rings. The summed E-state index contributed by atoms with van der Waals surface area (Å²) in [6.07, 6.45) is 3.06. The molecule has 2 aliphatic rings. The van der Waals surface area contributed by atoms with Gasteiger partial charge in [-0.15, -0.1) is 11.3 Å². The van der Waals surface area contributed by atoms with Crippen molar-refractivity contribution in [1.82, 2.24) is 4.90 Å². The van der Waals surface area contributed by atoms with Crippen LogP contribution < -0.4 is 0 Å². The molecule has 2 saturated heterocycles. The summed E-state index contributed by atoms with van der Waals surface area (Å²) < 4.78 is 11.7. The number of ether oxygens (including phenoxy) is 2. The van der Waals surface area contributed by atoms with Crippen molar-refractivity contribution in [3.05, 3.63) is 22.4 Å². The van der Waals surface area contributed by atoms with Crippen LogP contribution in [0.5, 0.6) is 0 Å². The van der Waals surface area contributed by atoms with Gasteiger partial charge in [0, 0.05) is 26.1 Å². The summed E-state index contributed by atoms with van der Waals surface area (Å²) in [4.78, 5) is 15.1. The molecule has 0 saturated carbocycles. The van der Waals surface area contributed by atoms with Gasteiger partial charge in [-0.05, 0) is 31.2 Å². The smallest absolute Gasteiger partial charge is 0.263 e. The third kappa shape index (κ3) is 2.75. The normalized spacial score (nSPS) is 25.2. The predicted molar refractivity (Wildman–Crippen MR) is 78.2 cm³/mol. The molecule has 4 nitrogen and oxygen atoms in total. The number of amides is 1. The molecule has 0 N–H and O–H groups in total. The Labute approximate surface area is 123 Å². The van der Waals surface area contributed by atoms with E-state index < -0.39 is 0 Å². The molecule has 0 radical (unpaired) electrons. The zero-order chi connectivity index (χ0) is 14.0. The van der Waals surface area contributed by atoms with Crippen molar-refractivity contribution in [2.45, 2.75) is 37.9 Å². The molecule has 1 atom stereocenters. The fourth-order valence-electron chi connectivity index (χ4n) is 3.17. The molecule has 0 aromatic carbocycles. The lowest BCUT2D eigenvalue weighted by Crippen LogP contribution is -2.46. The van der Waals surface area contributed by atoms with Crippen molar-refractivity contribution in [3.63, 3.8) is 0 Å². The molecule has 0 unspecified atom stereocenters. The number of carbonyl (C=O) groups excluding carboxylic acids is 1. The lowest BCUT2D eigenvalue weighted by Gasteiger charge is -2.38. The summed E-state index contributed by atoms with van der Waals surface area (Å²) in [5, 5.41) is 1.95. The maximum atomic E-state index is 12.3. The van der Waals surface area contributed by atoms with Gasteiger partial charge < -0.3 is 14.4 Å². The van der Waals surface area contributed by atoms with Crippen molar-refractivity contribution in [2.24, 2.45) is 0 Å². The van der Waals surface area contributed by atoms with Crippen LogP contribution in [0.1, 0.15) is 35.9 Å². The average Bonchev–Trinajstić information content (AvgIpc) is 3.10. The van der Waals surface area contributed by atoms with E-state index in [0.717, 1.165) is 43.8 Å². The molecule has 0 bridgehead atoms. The van der Waals surface area contributed by atoms with Gasteiger partial charge in [0.1, 0.15) is 0 Å². The minimum absolute atomic E-state index is 0.0495. The Morgan fingerprint density at radius 2 is 2.35 bits per heavy atom. The van der Waals surface area contributed by atoms with Crippen LogP contribution in [0.2, 0.25) is 0 Å². The van der Waals surface area contributed by atoms with Crippen LogP contribution in [0.15, 0.2) is 17.5 Å². The molecule has 1 spiro atoms. The van der Waals surface area contributed by atoms with E-state index in [0.29, 0.717) is 6.61 Å². The first kappa shape index (κ1) is 14.0. The monoisotopic (exact) mass is 295 g/mol. The Morgan fingerprint density at radius 1 is 1.55 bits per heavy atom. The molecule has 1 aromatic heterocycles. The minimum Gasteiger partial charge on any atom is -0.376 e. The highest BCUT2D eigenvalue weighted by molar-refractivity contribution is 7.12. The van der Waals surface area contributed by atoms with E-state index in [2.05, 4.69) is 0 Å². The van der Waals surface area contributed by atoms with Crippen molar-refractivity contribution < 1.29 is 14.3 Å². The van der Waals surface area contributed by atoms with Crippen LogP contribution in [0.25, 0.3) is 0 Å². The third-order valence-electron chi connectivity index (χ3n) is 4.27. The second-order valence-electron chi connectivity index (χ2n) is 5.54. The van der Waals surface area contributed by atoms with E-state index in [1.165, 1.54) is 11.3 Å². The number of hydrogen-bond donors (Lipinski definition) is 0. The standard InChI is InChI=1S/C15H21NO3S/c1-2-18-12-10-15(19-11-12)5-7-16(8-6-15)14(17)13-4-3-9-20-13/h3-4,9,12H,2,5-8,10-11H2,1H3/t12-/m0/s1. The van der Waals surface area contributed by atoms with Crippen molar-refractivity contribution in [1.29, 1.82) is 0 Å². The Kier molecular flexibility index (Phi) is 4.10. The zero-order valence-corrected chi connectivity index (χ0v) is 12.7. The Morgan fingerprint density at radius 3 is 3.00 bits per heavy atom. The molecule has 20 heavy (non-hydrogen) atoms. The number of carbonyl (C=O) groups is 1. The zero-order valence-electron chi connectivity index (χ0n) is 11.8. The van der Waals surface area contributed by atoms with Gasteiger partial charge in [-0.2, -0.15) is 0 Å². The first-order chi connectivity index (χ1) is 9.72. The third-order valence-corrected chi connectivity index (χ3v) is 5.13. The van der Waals surface area contributed by atoms with Gasteiger partial charge in [-0.25, -0.2) is 0 Å². The molecule has 3 rings (SSSR count). The SMILES string of the molecule is CCO[C@@H]1COC2(CCN(C(=O)c3cccs3)CC2)C1. The number of piperidine rings is 1. The van der Waals surface area contributed by atoms with Crippen LogP contribution >= 0.6 is 11.3 Å². The van der Waals surface area contributed by atoms with Crippen molar-refractivity contribution in [2.75, 3.05) is 26.3 Å². The van der Waals surface area contributed by atoms with Gasteiger partial charge in [-0.3, -0.25) is 4.79 Å². The minimum atomic E-state index is -0.0495. The maximum absolute atomic E-state index is 12.3. The molecule has 3 heterocycles. The highest BCUT2D eigenvalue weighted by atomic mass is 32.1. The maximum Gasteiger partial charge on any atom is 0.263 e. The van der Waals surface area contributed by atoms with E-state index in [4.69, 9.17) is 9.47 Å². The molecule has 1 amide bonds. The Hall–Kier alpha value is -0.910. The van der Waals surface area contributed by atoms with Crippen molar-refractivity contribution in [3.8, 4) is 0 Å². The van der Waals surface area contributed by atoms with Gasteiger partial charge in [-0.1, -0.05) is 6.07 Å². The van der Waals surface area contributed by atoms with Crippen LogP contribution in [0.4, 0.5) is 0 Å². The first-order valence-electron chi connectivity index (χ1n) is 7.31. The topological polar surface area (TPSA) is 38.8 Å². The van der Waals surface area contributed by atoms with Crippen LogP contribution in [0.3, 0.4) is 0 Å². The van der Waals surface area contributed by atoms with Gasteiger partial charge in [0.2, 0.25) is 0 Å². The number of rotatable bonds is 3. The van der Waals surface area contributed by atoms with E-state index in [-0.39, 0.29) is 17.6 Å². The summed E-state index contributed by atoms with van der Waals surface area (Å²) in [7, 11) is 0. The Bertz CT molecular complexity index is 452. The average molecular weight is 295 g/mol. The summed E-state index contributed by atoms with van der Waals surface area (Å²) in [5.74, 6) is 0.161. The van der Waals surface area contributed by atoms with Gasteiger partial charge in [0.25, 0.3) is 5.91 Å². The molecular formula is C15H21NO3S. The van der Waals surface area contributed by atoms with Crippen molar-refractivity contribution >= 4 is 17.2 Å². The van der Waals surface area contributed by atoms with Gasteiger partial charge in [0.15, 0.2) is 0 Å². The number of hydrogen-bond acceptors (Lipinski definition) is 4. The fourth-order valence-corrected chi connectivity index (χ4v) is 3.86. The lowest BCUT2D eigenvalue weighted by atomic mass is 9.88. The van der Waals surface area contributed by atoms with Gasteiger partial charge in [0.05, 0.1) is 23.2 Å². The van der Waals surface area contributed by atoms with E-state index in [1.807, 2.05) is 29.3 Å². The van der Waals surface area contributed by atoms with Gasteiger partial charge >= 0.3 is 0 Å². The van der Waals surface area contributed by atoms with E-state index in [9.17, 15) is 4.79 Å². The fraction of sp³-hybridized carbons (Fsp3) is 0.667. The lowest BCUT2D eigenvalue weighted by molar-refractivity contribution is -0.0406. The predicted octanol–water partition coefficient (Wildman–Crippen LogP) is 2.55. The van der Waals surface area contributed by atoms with Crippen LogP contribution in [-0.2, 0) is 9.47 Å². The van der Waals surface area contributed by atoms with E-state index >= 15 is 0 Å². The van der Waals surface area contributed by atoms with E-state index in [1.54, 1.807) is 0 Å². The largest absolute Gasteiger partial charge is 0.376 e. The summed E-state index contributed by atoms with van der Waals surface area (Å²) in [6.45, 7) is 5.04. The number of likely N-dealkylation sites (tertiary alicyclic amines) is 1.